The Morgan fingerprint density at radius 2 is 1.90 bits per heavy atom. The molecule has 0 atom stereocenters. The molecule has 8 nitrogen and oxygen atoms in total. The molecule has 0 unspecified atom stereocenters. The Labute approximate surface area is 179 Å². The number of pyridine rings is 1. The van der Waals surface area contributed by atoms with Gasteiger partial charge >= 0.3 is 0 Å². The van der Waals surface area contributed by atoms with Crippen LogP contribution in [-0.4, -0.2) is 26.6 Å². The van der Waals surface area contributed by atoms with E-state index in [1.54, 1.807) is 41.4 Å². The van der Waals surface area contributed by atoms with Crippen LogP contribution in [0.5, 0.6) is 0 Å². The molecule has 0 aliphatic carbocycles. The number of furan rings is 1. The van der Waals surface area contributed by atoms with Gasteiger partial charge in [-0.3, -0.25) is 9.59 Å². The summed E-state index contributed by atoms with van der Waals surface area (Å²) in [5.74, 6) is 0.00614. The van der Waals surface area contributed by atoms with E-state index in [0.29, 0.717) is 39.4 Å². The Balaban J connectivity index is 1.81. The van der Waals surface area contributed by atoms with E-state index < -0.39 is 0 Å². The topological polar surface area (TPSA) is 102 Å². The fourth-order valence-corrected chi connectivity index (χ4v) is 3.38. The van der Waals surface area contributed by atoms with Crippen LogP contribution in [0.25, 0.3) is 22.5 Å². The molecule has 0 radical (unpaired) electrons. The molecule has 0 saturated heterocycles. The normalized spacial score (nSPS) is 11.1. The molecule has 0 aliphatic heterocycles. The number of anilines is 2. The van der Waals surface area contributed by atoms with E-state index in [9.17, 15) is 9.59 Å². The molecule has 3 aromatic heterocycles. The van der Waals surface area contributed by atoms with Crippen LogP contribution in [0.4, 0.5) is 11.4 Å². The Morgan fingerprint density at radius 3 is 2.58 bits per heavy atom. The third-order valence-corrected chi connectivity index (χ3v) is 4.81. The predicted octanol–water partition coefficient (Wildman–Crippen LogP) is 4.79. The number of amides is 2. The highest BCUT2D eigenvalue weighted by atomic mass is 16.3. The van der Waals surface area contributed by atoms with Gasteiger partial charge in [0.15, 0.2) is 11.4 Å². The number of rotatable bonds is 5. The van der Waals surface area contributed by atoms with Gasteiger partial charge < -0.3 is 15.1 Å². The van der Waals surface area contributed by atoms with Crippen molar-refractivity contribution in [1.29, 1.82) is 0 Å². The monoisotopic (exact) mass is 417 g/mol. The molecule has 1 aromatic carbocycles. The zero-order valence-electron chi connectivity index (χ0n) is 17.8. The van der Waals surface area contributed by atoms with E-state index in [-0.39, 0.29) is 17.9 Å². The number of nitrogens with zero attached hydrogens (tertiary/aromatic N) is 3. The molecular weight excluding hydrogens is 394 g/mol. The van der Waals surface area contributed by atoms with Gasteiger partial charge in [0.25, 0.3) is 5.91 Å². The molecule has 0 aliphatic rings. The summed E-state index contributed by atoms with van der Waals surface area (Å²) >= 11 is 0. The summed E-state index contributed by atoms with van der Waals surface area (Å²) in [4.78, 5) is 29.6. The minimum Gasteiger partial charge on any atom is -0.463 e. The largest absolute Gasteiger partial charge is 0.463 e. The first-order valence-electron chi connectivity index (χ1n) is 9.95. The van der Waals surface area contributed by atoms with Crippen molar-refractivity contribution in [3.8, 4) is 11.5 Å². The highest BCUT2D eigenvalue weighted by Crippen LogP contribution is 2.29. The van der Waals surface area contributed by atoms with Gasteiger partial charge in [0.2, 0.25) is 5.91 Å². The number of carbonyl (C=O) groups excluding carboxylic acids is 2. The molecule has 31 heavy (non-hydrogen) atoms. The lowest BCUT2D eigenvalue weighted by atomic mass is 10.1. The van der Waals surface area contributed by atoms with E-state index in [4.69, 9.17) is 4.42 Å². The van der Waals surface area contributed by atoms with Gasteiger partial charge in [0.05, 0.1) is 34.8 Å². The molecule has 0 bridgehead atoms. The van der Waals surface area contributed by atoms with Crippen molar-refractivity contribution in [2.45, 2.75) is 33.7 Å². The molecule has 8 heteroatoms. The number of hydrogen-bond donors (Lipinski definition) is 2. The Kier molecular flexibility index (Phi) is 5.29. The molecular formula is C23H23N5O3. The van der Waals surface area contributed by atoms with Crippen LogP contribution in [0.3, 0.4) is 0 Å². The van der Waals surface area contributed by atoms with Gasteiger partial charge in [-0.1, -0.05) is 6.07 Å². The zero-order valence-corrected chi connectivity index (χ0v) is 17.8. The fraction of sp³-hybridized carbons (Fsp3) is 0.217. The van der Waals surface area contributed by atoms with Crippen molar-refractivity contribution >= 4 is 34.2 Å². The summed E-state index contributed by atoms with van der Waals surface area (Å²) in [5, 5.41) is 10.7. The quantitative estimate of drug-likeness (QED) is 0.486. The number of aromatic nitrogens is 3. The molecule has 2 amide bonds. The molecule has 0 fully saturated rings. The van der Waals surface area contributed by atoms with Crippen molar-refractivity contribution in [3.63, 3.8) is 0 Å². The third-order valence-electron chi connectivity index (χ3n) is 4.81. The standard InChI is InChI=1S/C23H23N5O3/c1-13(2)28-22-17(12-24-28)16(11-20(26-22)21-6-5-9-31-21)23(30)27-19-10-14(3)7-8-18(19)25-15(4)29/h5-13H,1-4H3,(H,25,29)(H,27,30). The molecule has 0 spiro atoms. The summed E-state index contributed by atoms with van der Waals surface area (Å²) in [7, 11) is 0. The molecule has 4 aromatic rings. The third kappa shape index (κ3) is 4.05. The fourth-order valence-electron chi connectivity index (χ4n) is 3.38. The second-order valence-corrected chi connectivity index (χ2v) is 7.64. The van der Waals surface area contributed by atoms with Gasteiger partial charge in [-0.05, 0) is 56.7 Å². The van der Waals surface area contributed by atoms with Crippen LogP contribution in [0, 0.1) is 6.92 Å². The van der Waals surface area contributed by atoms with Crippen molar-refractivity contribution in [2.24, 2.45) is 0 Å². The summed E-state index contributed by atoms with van der Waals surface area (Å²) < 4.78 is 7.28. The van der Waals surface area contributed by atoms with Crippen LogP contribution in [-0.2, 0) is 4.79 Å². The van der Waals surface area contributed by atoms with Crippen LogP contribution < -0.4 is 10.6 Å². The first-order chi connectivity index (χ1) is 14.8. The van der Waals surface area contributed by atoms with E-state index in [1.807, 2.05) is 32.9 Å². The molecule has 2 N–H and O–H groups in total. The van der Waals surface area contributed by atoms with Crippen molar-refractivity contribution in [3.05, 3.63) is 60.0 Å². The van der Waals surface area contributed by atoms with E-state index in [2.05, 4.69) is 20.7 Å². The van der Waals surface area contributed by atoms with Crippen molar-refractivity contribution in [1.82, 2.24) is 14.8 Å². The number of fused-ring (bicyclic) bond motifs is 1. The number of benzene rings is 1. The van der Waals surface area contributed by atoms with Gasteiger partial charge in [-0.15, -0.1) is 0 Å². The average Bonchev–Trinajstić information content (AvgIpc) is 3.38. The molecule has 4 rings (SSSR count). The number of carbonyl (C=O) groups is 2. The Morgan fingerprint density at radius 1 is 1.10 bits per heavy atom. The maximum absolute atomic E-state index is 13.4. The van der Waals surface area contributed by atoms with Crippen LogP contribution in [0.15, 0.2) is 53.3 Å². The first-order valence-corrected chi connectivity index (χ1v) is 9.95. The van der Waals surface area contributed by atoms with Gasteiger partial charge in [0.1, 0.15) is 5.69 Å². The van der Waals surface area contributed by atoms with Crippen LogP contribution >= 0.6 is 0 Å². The van der Waals surface area contributed by atoms with E-state index in [0.717, 1.165) is 5.56 Å². The summed E-state index contributed by atoms with van der Waals surface area (Å²) in [5.41, 5.74) is 3.55. The minimum atomic E-state index is -0.333. The highest BCUT2D eigenvalue weighted by molar-refractivity contribution is 6.14. The number of hydrogen-bond acceptors (Lipinski definition) is 5. The van der Waals surface area contributed by atoms with Gasteiger partial charge in [-0.25, -0.2) is 9.67 Å². The maximum atomic E-state index is 13.4. The molecule has 0 saturated carbocycles. The Bertz CT molecular complexity index is 1270. The molecule has 3 heterocycles. The predicted molar refractivity (Wildman–Crippen MR) is 119 cm³/mol. The molecule has 158 valence electrons. The second-order valence-electron chi connectivity index (χ2n) is 7.64. The van der Waals surface area contributed by atoms with Crippen molar-refractivity contribution < 1.29 is 14.0 Å². The first kappa shape index (κ1) is 20.3. The smallest absolute Gasteiger partial charge is 0.256 e. The lowest BCUT2D eigenvalue weighted by molar-refractivity contribution is -0.114. The van der Waals surface area contributed by atoms with Crippen molar-refractivity contribution in [2.75, 3.05) is 10.6 Å². The summed E-state index contributed by atoms with van der Waals surface area (Å²) in [6.45, 7) is 7.34. The Hall–Kier alpha value is -3.94. The maximum Gasteiger partial charge on any atom is 0.256 e. The summed E-state index contributed by atoms with van der Waals surface area (Å²) in [6, 6.07) is 10.8. The zero-order chi connectivity index (χ0) is 22.1. The van der Waals surface area contributed by atoms with Gasteiger partial charge in [-0.2, -0.15) is 5.10 Å². The number of aryl methyl sites for hydroxylation is 1. The second kappa shape index (κ2) is 8.06. The van der Waals surface area contributed by atoms with E-state index >= 15 is 0 Å². The average molecular weight is 417 g/mol. The van der Waals surface area contributed by atoms with E-state index in [1.165, 1.54) is 6.92 Å². The lowest BCUT2D eigenvalue weighted by Crippen LogP contribution is -2.16. The van der Waals surface area contributed by atoms with Crippen LogP contribution in [0.2, 0.25) is 0 Å². The van der Waals surface area contributed by atoms with Gasteiger partial charge in [0, 0.05) is 13.0 Å². The van der Waals surface area contributed by atoms with Crippen LogP contribution in [0.1, 0.15) is 42.7 Å². The summed E-state index contributed by atoms with van der Waals surface area (Å²) in [6.07, 6.45) is 3.21. The lowest BCUT2D eigenvalue weighted by Gasteiger charge is -2.14. The minimum absolute atomic E-state index is 0.0657. The highest BCUT2D eigenvalue weighted by Gasteiger charge is 2.20. The SMILES string of the molecule is CC(=O)Nc1ccc(C)cc1NC(=O)c1cc(-c2ccco2)nc2c1cnn2C(C)C. The number of nitrogens with one attached hydrogen (secondary N) is 2.